The first-order valence-electron chi connectivity index (χ1n) is 9.30. The Labute approximate surface area is 188 Å². The highest BCUT2D eigenvalue weighted by Gasteiger charge is 2.23. The first-order chi connectivity index (χ1) is 15.0. The van der Waals surface area contributed by atoms with Crippen LogP contribution in [0.5, 0.6) is 0 Å². The van der Waals surface area contributed by atoms with Gasteiger partial charge in [0.05, 0.1) is 15.8 Å². The lowest BCUT2D eigenvalue weighted by molar-refractivity contribution is -0.146. The molecule has 12 heteroatoms. The molecule has 0 aliphatic rings. The van der Waals surface area contributed by atoms with Crippen LogP contribution in [-0.4, -0.2) is 36.3 Å². The number of benzene rings is 2. The largest absolute Gasteiger partial charge is 0.456 e. The predicted molar refractivity (Wildman–Crippen MR) is 118 cm³/mol. The fraction of sp³-hybridized carbons (Fsp3) is 0.200. The molecule has 1 heterocycles. The SMILES string of the molecule is CC(=O)Nc1ccc(S(=O)(=O)N[C@@H](C)C(=O)OCc2nc3cc(Cl)ccc3c(=O)[nH]2)cc1. The molecule has 0 aliphatic heterocycles. The quantitative estimate of drug-likeness (QED) is 0.439. The van der Waals surface area contributed by atoms with Gasteiger partial charge in [0.15, 0.2) is 0 Å². The summed E-state index contributed by atoms with van der Waals surface area (Å²) in [6.45, 7) is 2.29. The van der Waals surface area contributed by atoms with E-state index in [1.807, 2.05) is 0 Å². The number of nitrogens with zero attached hydrogens (tertiary/aromatic N) is 1. The number of nitrogens with one attached hydrogen (secondary N) is 3. The van der Waals surface area contributed by atoms with E-state index >= 15 is 0 Å². The van der Waals surface area contributed by atoms with Gasteiger partial charge in [0.2, 0.25) is 15.9 Å². The molecule has 0 saturated heterocycles. The molecule has 0 aliphatic carbocycles. The number of hydrogen-bond donors (Lipinski definition) is 3. The van der Waals surface area contributed by atoms with Gasteiger partial charge in [-0.1, -0.05) is 11.6 Å². The minimum Gasteiger partial charge on any atom is -0.456 e. The number of aromatic nitrogens is 2. The second-order valence-electron chi connectivity index (χ2n) is 6.83. The van der Waals surface area contributed by atoms with Crippen molar-refractivity contribution in [1.82, 2.24) is 14.7 Å². The smallest absolute Gasteiger partial charge is 0.324 e. The topological polar surface area (TPSA) is 147 Å². The van der Waals surface area contributed by atoms with Crippen molar-refractivity contribution < 1.29 is 22.7 Å². The molecule has 2 aromatic carbocycles. The number of halogens is 1. The summed E-state index contributed by atoms with van der Waals surface area (Å²) in [4.78, 5) is 42.0. The van der Waals surface area contributed by atoms with Crippen molar-refractivity contribution in [3.63, 3.8) is 0 Å². The fourth-order valence-electron chi connectivity index (χ4n) is 2.76. The van der Waals surface area contributed by atoms with Gasteiger partial charge in [0.1, 0.15) is 18.5 Å². The summed E-state index contributed by atoms with van der Waals surface area (Å²) in [5.41, 5.74) is 0.347. The van der Waals surface area contributed by atoms with Crippen molar-refractivity contribution >= 4 is 50.1 Å². The van der Waals surface area contributed by atoms with E-state index in [1.165, 1.54) is 50.2 Å². The zero-order valence-electron chi connectivity index (χ0n) is 17.0. The van der Waals surface area contributed by atoms with Gasteiger partial charge < -0.3 is 15.0 Å². The molecule has 1 amide bonds. The number of esters is 1. The monoisotopic (exact) mass is 478 g/mol. The number of H-pyrrole nitrogens is 1. The van der Waals surface area contributed by atoms with Crippen LogP contribution in [0.2, 0.25) is 5.02 Å². The number of amides is 1. The highest BCUT2D eigenvalue weighted by molar-refractivity contribution is 7.89. The Balaban J connectivity index is 1.65. The number of carbonyl (C=O) groups is 2. The lowest BCUT2D eigenvalue weighted by Crippen LogP contribution is -2.39. The number of anilines is 1. The zero-order chi connectivity index (χ0) is 23.5. The predicted octanol–water partition coefficient (Wildman–Crippen LogP) is 1.95. The normalized spacial score (nSPS) is 12.3. The lowest BCUT2D eigenvalue weighted by Gasteiger charge is -2.14. The number of rotatable bonds is 7. The van der Waals surface area contributed by atoms with Gasteiger partial charge in [-0.3, -0.25) is 14.4 Å². The molecule has 0 spiro atoms. The van der Waals surface area contributed by atoms with Crippen molar-refractivity contribution in [1.29, 1.82) is 0 Å². The molecule has 3 aromatic rings. The lowest BCUT2D eigenvalue weighted by atomic mass is 10.2. The van der Waals surface area contributed by atoms with Gasteiger partial charge in [-0.05, 0) is 49.4 Å². The molecule has 0 saturated carbocycles. The molecule has 0 radical (unpaired) electrons. The molecule has 32 heavy (non-hydrogen) atoms. The van der Waals surface area contributed by atoms with Crippen LogP contribution < -0.4 is 15.6 Å². The van der Waals surface area contributed by atoms with Gasteiger partial charge >= 0.3 is 5.97 Å². The first-order valence-corrected chi connectivity index (χ1v) is 11.2. The van der Waals surface area contributed by atoms with E-state index in [4.69, 9.17) is 16.3 Å². The highest BCUT2D eigenvalue weighted by Crippen LogP contribution is 2.16. The van der Waals surface area contributed by atoms with Crippen LogP contribution >= 0.6 is 11.6 Å². The second-order valence-corrected chi connectivity index (χ2v) is 8.98. The van der Waals surface area contributed by atoms with Crippen molar-refractivity contribution in [3.8, 4) is 0 Å². The zero-order valence-corrected chi connectivity index (χ0v) is 18.6. The molecule has 168 valence electrons. The molecule has 10 nitrogen and oxygen atoms in total. The van der Waals surface area contributed by atoms with Crippen molar-refractivity contribution in [2.24, 2.45) is 0 Å². The molecular weight excluding hydrogens is 460 g/mol. The van der Waals surface area contributed by atoms with Crippen LogP contribution in [-0.2, 0) is 31.0 Å². The molecule has 1 aromatic heterocycles. The third kappa shape index (κ3) is 5.69. The maximum Gasteiger partial charge on any atom is 0.324 e. The van der Waals surface area contributed by atoms with Crippen LogP contribution in [0, 0.1) is 0 Å². The molecule has 3 N–H and O–H groups in total. The summed E-state index contributed by atoms with van der Waals surface area (Å²) in [6.07, 6.45) is 0. The summed E-state index contributed by atoms with van der Waals surface area (Å²) in [5, 5.41) is 3.25. The number of fused-ring (bicyclic) bond motifs is 1. The standard InChI is InChI=1S/C20H19ClN4O6S/c1-11(25-32(29,30)15-6-4-14(5-7-15)22-12(2)26)20(28)31-10-18-23-17-9-13(21)3-8-16(17)19(27)24-18/h3-9,11,25H,10H2,1-2H3,(H,22,26)(H,23,24,27)/t11-/m0/s1. The molecule has 1 atom stereocenters. The fourth-order valence-corrected chi connectivity index (χ4v) is 4.12. The molecule has 3 rings (SSSR count). The molecule has 0 unspecified atom stereocenters. The second kappa shape index (κ2) is 9.47. The maximum atomic E-state index is 12.5. The Bertz CT molecular complexity index is 1340. The summed E-state index contributed by atoms with van der Waals surface area (Å²) >= 11 is 5.91. The number of sulfonamides is 1. The maximum absolute atomic E-state index is 12.5. The Morgan fingerprint density at radius 3 is 2.53 bits per heavy atom. The Morgan fingerprint density at radius 2 is 1.88 bits per heavy atom. The number of ether oxygens (including phenoxy) is 1. The van der Waals surface area contributed by atoms with Crippen LogP contribution in [0.15, 0.2) is 52.2 Å². The van der Waals surface area contributed by atoms with Gasteiger partial charge in [-0.25, -0.2) is 13.4 Å². The Kier molecular flexibility index (Phi) is 6.92. The minimum absolute atomic E-state index is 0.0849. The summed E-state index contributed by atoms with van der Waals surface area (Å²) in [5.74, 6) is -1.07. The number of carbonyl (C=O) groups excluding carboxylic acids is 2. The Hall–Kier alpha value is -3.28. The number of aromatic amines is 1. The van der Waals surface area contributed by atoms with E-state index < -0.39 is 27.6 Å². The van der Waals surface area contributed by atoms with Crippen LogP contribution in [0.1, 0.15) is 19.7 Å². The summed E-state index contributed by atoms with van der Waals surface area (Å²) < 4.78 is 32.3. The van der Waals surface area contributed by atoms with E-state index in [2.05, 4.69) is 20.0 Å². The average Bonchev–Trinajstić information content (AvgIpc) is 2.71. The van der Waals surface area contributed by atoms with Crippen LogP contribution in [0.3, 0.4) is 0 Å². The van der Waals surface area contributed by atoms with Crippen molar-refractivity contribution in [2.45, 2.75) is 31.4 Å². The van der Waals surface area contributed by atoms with Crippen LogP contribution in [0.25, 0.3) is 10.9 Å². The van der Waals surface area contributed by atoms with E-state index in [0.717, 1.165) is 0 Å². The van der Waals surface area contributed by atoms with Crippen LogP contribution in [0.4, 0.5) is 5.69 Å². The van der Waals surface area contributed by atoms with Crippen molar-refractivity contribution in [3.05, 3.63) is 63.7 Å². The Morgan fingerprint density at radius 1 is 1.19 bits per heavy atom. The first kappa shape index (κ1) is 23.4. The van der Waals surface area contributed by atoms with E-state index in [9.17, 15) is 22.8 Å². The van der Waals surface area contributed by atoms with Gasteiger partial charge in [-0.2, -0.15) is 4.72 Å². The van der Waals surface area contributed by atoms with E-state index in [-0.39, 0.29) is 23.2 Å². The molecule has 0 bridgehead atoms. The molecule has 0 fully saturated rings. The summed E-state index contributed by atoms with van der Waals surface area (Å²) in [6, 6.07) is 8.81. The van der Waals surface area contributed by atoms with Gasteiger partial charge in [-0.15, -0.1) is 0 Å². The summed E-state index contributed by atoms with van der Waals surface area (Å²) in [7, 11) is -4.02. The third-order valence-corrected chi connectivity index (χ3v) is 6.03. The average molecular weight is 479 g/mol. The van der Waals surface area contributed by atoms with E-state index in [1.54, 1.807) is 6.07 Å². The third-order valence-electron chi connectivity index (χ3n) is 4.24. The molecular formula is C20H19ClN4O6S. The minimum atomic E-state index is -4.02. The van der Waals surface area contributed by atoms with Gasteiger partial charge in [0, 0.05) is 17.6 Å². The highest BCUT2D eigenvalue weighted by atomic mass is 35.5. The van der Waals surface area contributed by atoms with Crippen molar-refractivity contribution in [2.75, 3.05) is 5.32 Å². The number of hydrogen-bond acceptors (Lipinski definition) is 7. The van der Waals surface area contributed by atoms with E-state index in [0.29, 0.717) is 21.6 Å². The van der Waals surface area contributed by atoms with Gasteiger partial charge in [0.25, 0.3) is 5.56 Å².